The van der Waals surface area contributed by atoms with Crippen LogP contribution in [0.15, 0.2) is 12.3 Å². The van der Waals surface area contributed by atoms with Crippen molar-refractivity contribution in [2.75, 3.05) is 26.3 Å². The van der Waals surface area contributed by atoms with Crippen LogP contribution in [0.5, 0.6) is 0 Å². The van der Waals surface area contributed by atoms with Crippen molar-refractivity contribution in [3.05, 3.63) is 12.3 Å². The Labute approximate surface area is 60.5 Å². The third-order valence-electron chi connectivity index (χ3n) is 1.41. The molecule has 1 rings (SSSR count). The number of morpholine rings is 1. The predicted molar refractivity (Wildman–Crippen MR) is 37.1 cm³/mol. The molecule has 1 fully saturated rings. The van der Waals surface area contributed by atoms with E-state index in [4.69, 9.17) is 10.00 Å². The molecule has 0 spiro atoms. The largest absolute Gasteiger partial charge is 0.378 e. The first-order valence-corrected chi connectivity index (χ1v) is 3.31. The summed E-state index contributed by atoms with van der Waals surface area (Å²) in [5.74, 6) is 0. The van der Waals surface area contributed by atoms with Crippen molar-refractivity contribution in [3.63, 3.8) is 0 Å². The molecular formula is C7H10N2O. The number of hydrogen-bond acceptors (Lipinski definition) is 3. The lowest BCUT2D eigenvalue weighted by molar-refractivity contribution is 0.0594. The van der Waals surface area contributed by atoms with Crippen molar-refractivity contribution in [2.45, 2.75) is 0 Å². The van der Waals surface area contributed by atoms with Gasteiger partial charge in [-0.05, 0) is 0 Å². The Hall–Kier alpha value is -1.01. The van der Waals surface area contributed by atoms with Gasteiger partial charge in [0, 0.05) is 25.4 Å². The molecule has 1 saturated heterocycles. The summed E-state index contributed by atoms with van der Waals surface area (Å²) in [6.45, 7) is 3.35. The maximum Gasteiger partial charge on any atom is 0.0927 e. The quantitative estimate of drug-likeness (QED) is 0.491. The van der Waals surface area contributed by atoms with Crippen LogP contribution in [-0.4, -0.2) is 31.2 Å². The maximum absolute atomic E-state index is 8.20. The summed E-state index contributed by atoms with van der Waals surface area (Å²) in [6.07, 6.45) is 3.30. The molecule has 0 radical (unpaired) electrons. The summed E-state index contributed by atoms with van der Waals surface area (Å²) in [7, 11) is 0. The first-order valence-electron chi connectivity index (χ1n) is 3.31. The summed E-state index contributed by atoms with van der Waals surface area (Å²) < 4.78 is 5.12. The molecule has 0 bridgehead atoms. The van der Waals surface area contributed by atoms with E-state index in [-0.39, 0.29) is 0 Å². The Kier molecular flexibility index (Phi) is 2.78. The molecule has 0 saturated carbocycles. The SMILES string of the molecule is N#C/C=C\N1CCOCC1. The van der Waals surface area contributed by atoms with Crippen molar-refractivity contribution < 1.29 is 4.74 Å². The van der Waals surface area contributed by atoms with Gasteiger partial charge in [-0.1, -0.05) is 0 Å². The van der Waals surface area contributed by atoms with Gasteiger partial charge < -0.3 is 9.64 Å². The fraction of sp³-hybridized carbons (Fsp3) is 0.571. The van der Waals surface area contributed by atoms with Gasteiger partial charge in [-0.3, -0.25) is 0 Å². The molecular weight excluding hydrogens is 128 g/mol. The van der Waals surface area contributed by atoms with Gasteiger partial charge in [0.05, 0.1) is 19.3 Å². The monoisotopic (exact) mass is 138 g/mol. The average Bonchev–Trinajstić information content (AvgIpc) is 2.03. The van der Waals surface area contributed by atoms with E-state index in [2.05, 4.69) is 4.90 Å². The van der Waals surface area contributed by atoms with E-state index in [9.17, 15) is 0 Å². The highest BCUT2D eigenvalue weighted by molar-refractivity contribution is 5.01. The van der Waals surface area contributed by atoms with Crippen LogP contribution < -0.4 is 0 Å². The number of allylic oxidation sites excluding steroid dienone is 1. The third kappa shape index (κ3) is 2.08. The lowest BCUT2D eigenvalue weighted by atomic mass is 10.4. The smallest absolute Gasteiger partial charge is 0.0927 e. The lowest BCUT2D eigenvalue weighted by Gasteiger charge is -2.24. The van der Waals surface area contributed by atoms with E-state index in [1.165, 1.54) is 6.08 Å². The molecule has 0 aromatic carbocycles. The Balaban J connectivity index is 2.27. The molecule has 54 valence electrons. The van der Waals surface area contributed by atoms with E-state index >= 15 is 0 Å². The van der Waals surface area contributed by atoms with Crippen molar-refractivity contribution in [1.29, 1.82) is 5.26 Å². The third-order valence-corrected chi connectivity index (χ3v) is 1.41. The Morgan fingerprint density at radius 3 is 2.70 bits per heavy atom. The second-order valence-electron chi connectivity index (χ2n) is 2.09. The number of rotatable bonds is 1. The van der Waals surface area contributed by atoms with Gasteiger partial charge >= 0.3 is 0 Å². The number of nitrogens with zero attached hydrogens (tertiary/aromatic N) is 2. The van der Waals surface area contributed by atoms with Crippen LogP contribution in [0.2, 0.25) is 0 Å². The Morgan fingerprint density at radius 1 is 1.40 bits per heavy atom. The summed E-state index contributed by atoms with van der Waals surface area (Å²) in [4.78, 5) is 2.08. The zero-order valence-electron chi connectivity index (χ0n) is 5.79. The fourth-order valence-electron chi connectivity index (χ4n) is 0.865. The normalized spacial score (nSPS) is 19.3. The highest BCUT2D eigenvalue weighted by Crippen LogP contribution is 1.95. The van der Waals surface area contributed by atoms with Crippen molar-refractivity contribution in [1.82, 2.24) is 4.90 Å². The molecule has 10 heavy (non-hydrogen) atoms. The molecule has 3 nitrogen and oxygen atoms in total. The van der Waals surface area contributed by atoms with Crippen molar-refractivity contribution in [2.24, 2.45) is 0 Å². The molecule has 0 atom stereocenters. The molecule has 3 heteroatoms. The highest BCUT2D eigenvalue weighted by atomic mass is 16.5. The average molecular weight is 138 g/mol. The maximum atomic E-state index is 8.20. The van der Waals surface area contributed by atoms with Crippen LogP contribution in [-0.2, 0) is 4.74 Å². The first-order chi connectivity index (χ1) is 4.93. The summed E-state index contributed by atoms with van der Waals surface area (Å²) in [5, 5.41) is 8.20. The van der Waals surface area contributed by atoms with Crippen LogP contribution >= 0.6 is 0 Å². The van der Waals surface area contributed by atoms with Gasteiger partial charge in [0.2, 0.25) is 0 Å². The van der Waals surface area contributed by atoms with Crippen LogP contribution in [0, 0.1) is 11.3 Å². The zero-order valence-corrected chi connectivity index (χ0v) is 5.79. The number of ether oxygens (including phenoxy) is 1. The number of nitriles is 1. The molecule has 0 unspecified atom stereocenters. The van der Waals surface area contributed by atoms with Gasteiger partial charge in [-0.2, -0.15) is 5.26 Å². The van der Waals surface area contributed by atoms with E-state index in [0.717, 1.165) is 26.3 Å². The second kappa shape index (κ2) is 3.91. The molecule has 1 aliphatic heterocycles. The minimum absolute atomic E-state index is 0.774. The van der Waals surface area contributed by atoms with Crippen LogP contribution in [0.1, 0.15) is 0 Å². The van der Waals surface area contributed by atoms with Gasteiger partial charge in [0.1, 0.15) is 0 Å². The minimum Gasteiger partial charge on any atom is -0.378 e. The van der Waals surface area contributed by atoms with E-state index in [1.54, 1.807) is 0 Å². The molecule has 0 aliphatic carbocycles. The van der Waals surface area contributed by atoms with Gasteiger partial charge in [-0.15, -0.1) is 0 Å². The molecule has 0 N–H and O–H groups in total. The zero-order chi connectivity index (χ0) is 7.23. The van der Waals surface area contributed by atoms with Crippen molar-refractivity contribution in [3.8, 4) is 6.07 Å². The Morgan fingerprint density at radius 2 is 2.10 bits per heavy atom. The summed E-state index contributed by atoms with van der Waals surface area (Å²) >= 11 is 0. The Bertz CT molecular complexity index is 153. The van der Waals surface area contributed by atoms with Gasteiger partial charge in [0.25, 0.3) is 0 Å². The molecule has 0 amide bonds. The van der Waals surface area contributed by atoms with Crippen LogP contribution in [0.3, 0.4) is 0 Å². The predicted octanol–water partition coefficient (Wildman–Crippen LogP) is 0.356. The van der Waals surface area contributed by atoms with Crippen LogP contribution in [0.4, 0.5) is 0 Å². The summed E-state index contributed by atoms with van der Waals surface area (Å²) in [6, 6.07) is 1.95. The number of hydrogen-bond donors (Lipinski definition) is 0. The molecule has 0 aromatic heterocycles. The standard InChI is InChI=1S/C7H10N2O/c8-2-1-3-9-4-6-10-7-5-9/h1,3H,4-7H2/b3-1-. The fourth-order valence-corrected chi connectivity index (χ4v) is 0.865. The molecule has 0 aromatic rings. The van der Waals surface area contributed by atoms with Gasteiger partial charge in [0.15, 0.2) is 0 Å². The molecule has 1 aliphatic rings. The first kappa shape index (κ1) is 7.10. The van der Waals surface area contributed by atoms with E-state index in [0.29, 0.717) is 0 Å². The minimum atomic E-state index is 0.774. The lowest BCUT2D eigenvalue weighted by Crippen LogP contribution is -2.31. The molecule has 1 heterocycles. The van der Waals surface area contributed by atoms with E-state index < -0.39 is 0 Å². The topological polar surface area (TPSA) is 36.3 Å². The van der Waals surface area contributed by atoms with Gasteiger partial charge in [-0.25, -0.2) is 0 Å². The van der Waals surface area contributed by atoms with Crippen molar-refractivity contribution >= 4 is 0 Å². The second-order valence-corrected chi connectivity index (χ2v) is 2.09. The highest BCUT2D eigenvalue weighted by Gasteiger charge is 2.03. The van der Waals surface area contributed by atoms with E-state index in [1.807, 2.05) is 12.3 Å². The van der Waals surface area contributed by atoms with Crippen LogP contribution in [0.25, 0.3) is 0 Å². The summed E-state index contributed by atoms with van der Waals surface area (Å²) in [5.41, 5.74) is 0.